The number of carbonyl (C=O) groups excluding carboxylic acids is 1. The van der Waals surface area contributed by atoms with Crippen molar-refractivity contribution in [3.63, 3.8) is 0 Å². The second-order valence-corrected chi connectivity index (χ2v) is 3.09. The minimum atomic E-state index is -1.02. The highest BCUT2D eigenvalue weighted by Gasteiger charge is 2.11. The molecule has 54 valence electrons. The molecule has 0 aromatic heterocycles. The van der Waals surface area contributed by atoms with Crippen LogP contribution in [0.2, 0.25) is 0 Å². The van der Waals surface area contributed by atoms with Crippen LogP contribution in [0.15, 0.2) is 0 Å². The summed E-state index contributed by atoms with van der Waals surface area (Å²) < 4.78 is 0. The van der Waals surface area contributed by atoms with Crippen LogP contribution in [0.25, 0.3) is 0 Å². The second kappa shape index (κ2) is 3.88. The zero-order valence-electron chi connectivity index (χ0n) is 5.56. The van der Waals surface area contributed by atoms with Crippen LogP contribution >= 0.6 is 15.9 Å². The van der Waals surface area contributed by atoms with Gasteiger partial charge in [-0.2, -0.15) is 0 Å². The molecule has 0 aliphatic carbocycles. The number of hydrogen-bond donors (Lipinski definition) is 0. The van der Waals surface area contributed by atoms with Crippen LogP contribution in [0.1, 0.15) is 20.3 Å². The summed E-state index contributed by atoms with van der Waals surface area (Å²) in [5.41, 5.74) is 0. The van der Waals surface area contributed by atoms with Gasteiger partial charge in [0.2, 0.25) is 0 Å². The molecule has 2 atom stereocenters. The molecule has 0 rings (SSSR count). The number of alkyl halides is 1. The van der Waals surface area contributed by atoms with Crippen molar-refractivity contribution >= 4 is 21.9 Å². The summed E-state index contributed by atoms with van der Waals surface area (Å²) in [6.07, 6.45) is 0.851. The van der Waals surface area contributed by atoms with Crippen molar-refractivity contribution < 1.29 is 9.90 Å². The largest absolute Gasteiger partial charge is 0.549 e. The van der Waals surface area contributed by atoms with E-state index >= 15 is 0 Å². The lowest BCUT2D eigenvalue weighted by atomic mass is 10.1. The molecular formula is C6H10BrO2-. The summed E-state index contributed by atoms with van der Waals surface area (Å²) in [5, 5.41) is 10.1. The molecule has 0 aromatic carbocycles. The first-order valence-electron chi connectivity index (χ1n) is 2.94. The molecule has 0 aliphatic rings. The van der Waals surface area contributed by atoms with Crippen molar-refractivity contribution in [1.29, 1.82) is 0 Å². The van der Waals surface area contributed by atoms with Crippen molar-refractivity contribution in [2.45, 2.75) is 25.1 Å². The van der Waals surface area contributed by atoms with Crippen LogP contribution in [0, 0.1) is 5.92 Å². The predicted octanol–water partition coefficient (Wildman–Crippen LogP) is 0.546. The lowest BCUT2D eigenvalue weighted by Crippen LogP contribution is -2.35. The van der Waals surface area contributed by atoms with Gasteiger partial charge in [0.05, 0.1) is 10.8 Å². The van der Waals surface area contributed by atoms with Gasteiger partial charge in [0.1, 0.15) is 0 Å². The van der Waals surface area contributed by atoms with Crippen LogP contribution in [0.5, 0.6) is 0 Å². The Morgan fingerprint density at radius 2 is 2.22 bits per heavy atom. The molecule has 0 fully saturated rings. The number of halogens is 1. The third-order valence-electron chi connectivity index (χ3n) is 1.37. The van der Waals surface area contributed by atoms with Crippen LogP contribution in [0.4, 0.5) is 0 Å². The zero-order valence-corrected chi connectivity index (χ0v) is 7.14. The molecule has 0 spiro atoms. The number of carboxylic acids is 1. The predicted molar refractivity (Wildman–Crippen MR) is 37.2 cm³/mol. The number of hydrogen-bond acceptors (Lipinski definition) is 2. The molecule has 2 nitrogen and oxygen atoms in total. The van der Waals surface area contributed by atoms with Gasteiger partial charge in [-0.15, -0.1) is 0 Å². The molecule has 0 amide bonds. The minimum Gasteiger partial charge on any atom is -0.549 e. The Labute approximate surface area is 63.4 Å². The van der Waals surface area contributed by atoms with E-state index in [9.17, 15) is 9.90 Å². The van der Waals surface area contributed by atoms with Gasteiger partial charge in [0.25, 0.3) is 0 Å². The average molecular weight is 194 g/mol. The van der Waals surface area contributed by atoms with Gasteiger partial charge >= 0.3 is 0 Å². The Balaban J connectivity index is 3.72. The van der Waals surface area contributed by atoms with E-state index in [4.69, 9.17) is 0 Å². The normalized spacial score (nSPS) is 16.8. The first-order chi connectivity index (χ1) is 4.09. The topological polar surface area (TPSA) is 40.1 Å². The maximum atomic E-state index is 10.1. The molecule has 9 heavy (non-hydrogen) atoms. The van der Waals surface area contributed by atoms with E-state index < -0.39 is 10.8 Å². The smallest absolute Gasteiger partial charge is 0.0566 e. The van der Waals surface area contributed by atoms with Crippen molar-refractivity contribution in [2.75, 3.05) is 0 Å². The third kappa shape index (κ3) is 2.84. The molecule has 0 saturated carbocycles. The molecule has 0 aromatic rings. The maximum absolute atomic E-state index is 10.1. The first-order valence-corrected chi connectivity index (χ1v) is 3.86. The second-order valence-electron chi connectivity index (χ2n) is 2.11. The van der Waals surface area contributed by atoms with E-state index in [1.54, 1.807) is 0 Å². The highest BCUT2D eigenvalue weighted by Crippen LogP contribution is 2.14. The summed E-state index contributed by atoms with van der Waals surface area (Å²) in [7, 11) is 0. The summed E-state index contributed by atoms with van der Waals surface area (Å²) in [6.45, 7) is 3.82. The molecule has 3 heteroatoms. The molecule has 0 N–H and O–H groups in total. The van der Waals surface area contributed by atoms with Crippen LogP contribution in [-0.2, 0) is 4.79 Å². The highest BCUT2D eigenvalue weighted by molar-refractivity contribution is 9.10. The fourth-order valence-electron chi connectivity index (χ4n) is 0.439. The Morgan fingerprint density at radius 1 is 1.78 bits per heavy atom. The summed E-state index contributed by atoms with van der Waals surface area (Å²) >= 11 is 3.01. The minimum absolute atomic E-state index is 0.148. The van der Waals surface area contributed by atoms with Gasteiger partial charge in [-0.05, 0) is 5.92 Å². The van der Waals surface area contributed by atoms with Crippen molar-refractivity contribution in [1.82, 2.24) is 0 Å². The Hall–Kier alpha value is -0.0500. The van der Waals surface area contributed by atoms with Crippen LogP contribution in [-0.4, -0.2) is 10.8 Å². The summed E-state index contributed by atoms with van der Waals surface area (Å²) in [6, 6.07) is 0. The van der Waals surface area contributed by atoms with Gasteiger partial charge in [-0.1, -0.05) is 36.2 Å². The van der Waals surface area contributed by atoms with Gasteiger partial charge in [0, 0.05) is 0 Å². The van der Waals surface area contributed by atoms with E-state index in [1.807, 2.05) is 13.8 Å². The zero-order chi connectivity index (χ0) is 7.44. The Kier molecular flexibility index (Phi) is 3.86. The van der Waals surface area contributed by atoms with Gasteiger partial charge < -0.3 is 9.90 Å². The standard InChI is InChI=1S/C6H11BrO2/c1-3-4(2)5(7)6(8)9/h4-5H,3H2,1-2H3,(H,8,9)/p-1. The molecule has 2 unspecified atom stereocenters. The first kappa shape index (κ1) is 8.95. The van der Waals surface area contributed by atoms with E-state index in [1.165, 1.54) is 0 Å². The van der Waals surface area contributed by atoms with Crippen molar-refractivity contribution in [3.05, 3.63) is 0 Å². The Morgan fingerprint density at radius 3 is 2.33 bits per heavy atom. The number of rotatable bonds is 3. The summed E-state index contributed by atoms with van der Waals surface area (Å²) in [5.74, 6) is -0.876. The molecule has 0 aliphatic heterocycles. The molecular weight excluding hydrogens is 184 g/mol. The van der Waals surface area contributed by atoms with Crippen molar-refractivity contribution in [3.8, 4) is 0 Å². The molecule has 0 saturated heterocycles. The Bertz CT molecular complexity index is 103. The fourth-order valence-corrected chi connectivity index (χ4v) is 0.813. The van der Waals surface area contributed by atoms with E-state index in [0.29, 0.717) is 0 Å². The lowest BCUT2D eigenvalue weighted by Gasteiger charge is -2.16. The SMILES string of the molecule is CCC(C)C(Br)C(=O)[O-]. The van der Waals surface area contributed by atoms with Crippen molar-refractivity contribution in [2.24, 2.45) is 5.92 Å². The van der Waals surface area contributed by atoms with Gasteiger partial charge in [-0.3, -0.25) is 0 Å². The summed E-state index contributed by atoms with van der Waals surface area (Å²) in [4.78, 5) is 9.64. The molecule has 0 heterocycles. The van der Waals surface area contributed by atoms with E-state index in [-0.39, 0.29) is 5.92 Å². The average Bonchev–Trinajstić information content (AvgIpc) is 1.84. The van der Waals surface area contributed by atoms with Crippen LogP contribution in [0.3, 0.4) is 0 Å². The van der Waals surface area contributed by atoms with E-state index in [2.05, 4.69) is 15.9 Å². The highest BCUT2D eigenvalue weighted by atomic mass is 79.9. The lowest BCUT2D eigenvalue weighted by molar-refractivity contribution is -0.305. The molecule has 0 radical (unpaired) electrons. The monoisotopic (exact) mass is 193 g/mol. The quantitative estimate of drug-likeness (QED) is 0.615. The van der Waals surface area contributed by atoms with Gasteiger partial charge in [-0.25, -0.2) is 0 Å². The fraction of sp³-hybridized carbons (Fsp3) is 0.833. The van der Waals surface area contributed by atoms with E-state index in [0.717, 1.165) is 6.42 Å². The number of carbonyl (C=O) groups is 1. The molecule has 0 bridgehead atoms. The maximum Gasteiger partial charge on any atom is 0.0566 e. The number of carboxylic acid groups (broad SMARTS) is 1. The van der Waals surface area contributed by atoms with Crippen LogP contribution < -0.4 is 5.11 Å². The number of aliphatic carboxylic acids is 1. The third-order valence-corrected chi connectivity index (χ3v) is 2.65. The van der Waals surface area contributed by atoms with Gasteiger partial charge in [0.15, 0.2) is 0 Å².